The molecule has 5 nitrogen and oxygen atoms in total. The molecule has 3 heterocycles. The van der Waals surface area contributed by atoms with Crippen molar-refractivity contribution in [3.05, 3.63) is 45.9 Å². The van der Waals surface area contributed by atoms with Crippen molar-refractivity contribution in [1.29, 1.82) is 0 Å². The van der Waals surface area contributed by atoms with Gasteiger partial charge in [0.15, 0.2) is 0 Å². The van der Waals surface area contributed by atoms with E-state index in [1.165, 1.54) is 5.56 Å². The number of nitrogens with zero attached hydrogens (tertiary/aromatic N) is 2. The molecule has 0 amide bonds. The topological polar surface area (TPSA) is 57.6 Å². The second kappa shape index (κ2) is 7.64. The van der Waals surface area contributed by atoms with Crippen LogP contribution in [0.1, 0.15) is 41.6 Å². The number of nitrogens with one attached hydrogen (secondary N) is 1. The van der Waals surface area contributed by atoms with Crippen LogP contribution in [0.15, 0.2) is 29.6 Å². The lowest BCUT2D eigenvalue weighted by Gasteiger charge is -2.47. The molecule has 1 atom stereocenters. The molecule has 0 aliphatic carbocycles. The lowest BCUT2D eigenvalue weighted by Crippen LogP contribution is -2.52. The van der Waals surface area contributed by atoms with Crippen molar-refractivity contribution in [3.8, 4) is 5.75 Å². The number of aromatic nitrogens is 1. The highest BCUT2D eigenvalue weighted by Crippen LogP contribution is 2.44. The number of aliphatic hydroxyl groups is 1. The van der Waals surface area contributed by atoms with Crippen LogP contribution < -0.4 is 10.1 Å². The molecule has 2 aromatic rings. The Kier molecular flexibility index (Phi) is 5.27. The second-order valence-corrected chi connectivity index (χ2v) is 8.45. The molecule has 2 aliphatic heterocycles. The molecular formula is C20H27N3O2S. The van der Waals surface area contributed by atoms with E-state index >= 15 is 0 Å². The van der Waals surface area contributed by atoms with Crippen LogP contribution >= 0.6 is 11.3 Å². The van der Waals surface area contributed by atoms with E-state index in [-0.39, 0.29) is 18.2 Å². The molecule has 26 heavy (non-hydrogen) atoms. The third-order valence-electron chi connectivity index (χ3n) is 5.58. The summed E-state index contributed by atoms with van der Waals surface area (Å²) >= 11 is 1.70. The largest absolute Gasteiger partial charge is 0.487 e. The zero-order chi connectivity index (χ0) is 18.0. The summed E-state index contributed by atoms with van der Waals surface area (Å²) in [6.45, 7) is 5.80. The van der Waals surface area contributed by atoms with Crippen LogP contribution in [0.3, 0.4) is 0 Å². The summed E-state index contributed by atoms with van der Waals surface area (Å²) in [6.07, 6.45) is 3.00. The minimum absolute atomic E-state index is 0.101. The normalized spacial score (nSPS) is 22.2. The number of β-amino-alcohol motifs (C(OH)–C–C–N with tert-alkyl or cyclic N) is 1. The average molecular weight is 374 g/mol. The first-order valence-corrected chi connectivity index (χ1v) is 10.3. The number of aryl methyl sites for hydroxylation is 1. The van der Waals surface area contributed by atoms with Gasteiger partial charge in [0, 0.05) is 49.6 Å². The van der Waals surface area contributed by atoms with E-state index < -0.39 is 0 Å². The fourth-order valence-corrected chi connectivity index (χ4v) is 4.76. The van der Waals surface area contributed by atoms with Crippen LogP contribution in [0.25, 0.3) is 0 Å². The minimum Gasteiger partial charge on any atom is -0.487 e. The molecule has 1 fully saturated rings. The molecule has 140 valence electrons. The highest BCUT2D eigenvalue weighted by atomic mass is 32.1. The van der Waals surface area contributed by atoms with Crippen molar-refractivity contribution < 1.29 is 9.84 Å². The molecule has 0 radical (unpaired) electrons. The van der Waals surface area contributed by atoms with E-state index in [4.69, 9.17) is 4.74 Å². The Balaban J connectivity index is 1.50. The lowest BCUT2D eigenvalue weighted by atomic mass is 9.80. The third kappa shape index (κ3) is 3.78. The van der Waals surface area contributed by atoms with E-state index in [1.807, 2.05) is 6.92 Å². The molecule has 0 bridgehead atoms. The van der Waals surface area contributed by atoms with Crippen molar-refractivity contribution in [1.82, 2.24) is 15.2 Å². The van der Waals surface area contributed by atoms with E-state index in [0.717, 1.165) is 61.9 Å². The Bertz CT molecular complexity index is 740. The maximum absolute atomic E-state index is 9.18. The fraction of sp³-hybridized carbons (Fsp3) is 0.550. The maximum atomic E-state index is 9.18. The van der Waals surface area contributed by atoms with Crippen LogP contribution in [0.4, 0.5) is 0 Å². The highest BCUT2D eigenvalue weighted by Gasteiger charge is 2.42. The van der Waals surface area contributed by atoms with Gasteiger partial charge in [-0.25, -0.2) is 4.98 Å². The highest BCUT2D eigenvalue weighted by molar-refractivity contribution is 7.09. The van der Waals surface area contributed by atoms with Gasteiger partial charge in [0.25, 0.3) is 0 Å². The van der Waals surface area contributed by atoms with Gasteiger partial charge >= 0.3 is 0 Å². The van der Waals surface area contributed by atoms with Gasteiger partial charge in [0.2, 0.25) is 0 Å². The smallest absolute Gasteiger partial charge is 0.124 e. The molecule has 0 saturated carbocycles. The van der Waals surface area contributed by atoms with Gasteiger partial charge in [-0.05, 0) is 25.8 Å². The molecular weight excluding hydrogens is 346 g/mol. The zero-order valence-corrected chi connectivity index (χ0v) is 16.1. The molecule has 1 saturated heterocycles. The van der Waals surface area contributed by atoms with Crippen molar-refractivity contribution in [2.45, 2.75) is 44.4 Å². The molecule has 2 N–H and O–H groups in total. The maximum Gasteiger partial charge on any atom is 0.124 e. The average Bonchev–Trinajstić information content (AvgIpc) is 3.07. The van der Waals surface area contributed by atoms with Gasteiger partial charge in [-0.15, -0.1) is 11.3 Å². The second-order valence-electron chi connectivity index (χ2n) is 7.38. The first-order chi connectivity index (χ1) is 12.7. The standard InChI is InChI=1S/C20H27N3O2S/c1-15-22-16(14-26-15)13-21-18-12-20(6-8-23(9-7-20)10-11-24)25-19-5-3-2-4-17(18)19/h2-5,14,18,21,24H,6-13H2,1H3/t18-/m1/s1. The number of rotatable bonds is 5. The van der Waals surface area contributed by atoms with Crippen molar-refractivity contribution in [3.63, 3.8) is 0 Å². The molecule has 0 unspecified atom stereocenters. The molecule has 1 spiro atoms. The van der Waals surface area contributed by atoms with E-state index in [2.05, 4.69) is 44.8 Å². The summed E-state index contributed by atoms with van der Waals surface area (Å²) in [7, 11) is 0. The van der Waals surface area contributed by atoms with E-state index in [9.17, 15) is 5.11 Å². The summed E-state index contributed by atoms with van der Waals surface area (Å²) in [5.41, 5.74) is 2.27. The number of ether oxygens (including phenoxy) is 1. The molecule has 4 rings (SSSR count). The summed E-state index contributed by atoms with van der Waals surface area (Å²) < 4.78 is 6.53. The molecule has 1 aromatic heterocycles. The van der Waals surface area contributed by atoms with E-state index in [0.29, 0.717) is 0 Å². The van der Waals surface area contributed by atoms with Crippen LogP contribution in [0.5, 0.6) is 5.75 Å². The first kappa shape index (κ1) is 17.9. The van der Waals surface area contributed by atoms with Gasteiger partial charge in [-0.3, -0.25) is 0 Å². The minimum atomic E-state index is -0.101. The number of hydrogen-bond donors (Lipinski definition) is 2. The quantitative estimate of drug-likeness (QED) is 0.844. The Morgan fingerprint density at radius 3 is 2.88 bits per heavy atom. The summed E-state index contributed by atoms with van der Waals surface area (Å²) in [6, 6.07) is 8.70. The van der Waals surface area contributed by atoms with Crippen LogP contribution in [-0.2, 0) is 6.54 Å². The number of aliphatic hydroxyl groups excluding tert-OH is 1. The van der Waals surface area contributed by atoms with Gasteiger partial charge in [-0.2, -0.15) is 0 Å². The number of likely N-dealkylation sites (tertiary alicyclic amines) is 1. The predicted molar refractivity (Wildman–Crippen MR) is 104 cm³/mol. The number of fused-ring (bicyclic) bond motifs is 1. The fourth-order valence-electron chi connectivity index (χ4n) is 4.15. The number of piperidine rings is 1. The van der Waals surface area contributed by atoms with Gasteiger partial charge in [0.05, 0.1) is 17.3 Å². The number of hydrogen-bond acceptors (Lipinski definition) is 6. The Labute approximate surface area is 159 Å². The predicted octanol–water partition coefficient (Wildman–Crippen LogP) is 2.89. The molecule has 2 aliphatic rings. The van der Waals surface area contributed by atoms with E-state index in [1.54, 1.807) is 11.3 Å². The van der Waals surface area contributed by atoms with Crippen molar-refractivity contribution in [2.24, 2.45) is 0 Å². The van der Waals surface area contributed by atoms with Crippen LogP contribution in [0.2, 0.25) is 0 Å². The van der Waals surface area contributed by atoms with Crippen molar-refractivity contribution in [2.75, 3.05) is 26.2 Å². The van der Waals surface area contributed by atoms with Gasteiger partial charge in [0.1, 0.15) is 11.4 Å². The Morgan fingerprint density at radius 2 is 2.15 bits per heavy atom. The zero-order valence-electron chi connectivity index (χ0n) is 15.3. The third-order valence-corrected chi connectivity index (χ3v) is 6.40. The Hall–Kier alpha value is -1.47. The number of benzene rings is 1. The van der Waals surface area contributed by atoms with Crippen molar-refractivity contribution >= 4 is 11.3 Å². The lowest BCUT2D eigenvalue weighted by molar-refractivity contribution is -0.0278. The number of thiazole rings is 1. The monoisotopic (exact) mass is 373 g/mol. The van der Waals surface area contributed by atoms with Gasteiger partial charge in [-0.1, -0.05) is 18.2 Å². The molecule has 1 aromatic carbocycles. The summed E-state index contributed by atoms with van der Waals surface area (Å²) in [4.78, 5) is 6.91. The Morgan fingerprint density at radius 1 is 1.35 bits per heavy atom. The van der Waals surface area contributed by atoms with Crippen LogP contribution in [0, 0.1) is 6.92 Å². The molecule has 6 heteroatoms. The SMILES string of the molecule is Cc1nc(CN[C@@H]2CC3(CCN(CCO)CC3)Oc3ccccc32)cs1. The summed E-state index contributed by atoms with van der Waals surface area (Å²) in [5.74, 6) is 1.02. The van der Waals surface area contributed by atoms with Crippen LogP contribution in [-0.4, -0.2) is 46.8 Å². The summed E-state index contributed by atoms with van der Waals surface area (Å²) in [5, 5.41) is 16.2. The number of para-hydroxylation sites is 1. The first-order valence-electron chi connectivity index (χ1n) is 9.43. The van der Waals surface area contributed by atoms with Gasteiger partial charge < -0.3 is 20.1 Å².